The Morgan fingerprint density at radius 3 is 2.59 bits per heavy atom. The van der Waals surface area contributed by atoms with Crippen LogP contribution in [0.5, 0.6) is 0 Å². The Kier molecular flexibility index (Phi) is 5.79. The minimum absolute atomic E-state index is 0.0169. The van der Waals surface area contributed by atoms with E-state index in [0.29, 0.717) is 29.6 Å². The van der Waals surface area contributed by atoms with Crippen LogP contribution in [0.2, 0.25) is 5.02 Å². The number of alkyl halides is 1. The van der Waals surface area contributed by atoms with E-state index in [1.807, 2.05) is 26.0 Å². The van der Waals surface area contributed by atoms with Crippen molar-refractivity contribution >= 4 is 29.1 Å². The molecule has 17 heavy (non-hydrogen) atoms. The summed E-state index contributed by atoms with van der Waals surface area (Å²) in [6.45, 7) is 5.26. The van der Waals surface area contributed by atoms with Gasteiger partial charge >= 0.3 is 0 Å². The molecule has 0 heterocycles. The summed E-state index contributed by atoms with van der Waals surface area (Å²) in [6.07, 6.45) is 0.806. The van der Waals surface area contributed by atoms with Crippen molar-refractivity contribution in [2.75, 3.05) is 19.0 Å². The number of hydrogen-bond donors (Lipinski definition) is 0. The van der Waals surface area contributed by atoms with Gasteiger partial charge in [0, 0.05) is 29.6 Å². The fourth-order valence-corrected chi connectivity index (χ4v) is 2.11. The van der Waals surface area contributed by atoms with E-state index in [0.717, 1.165) is 12.0 Å². The third-order valence-electron chi connectivity index (χ3n) is 2.52. The van der Waals surface area contributed by atoms with Crippen LogP contribution in [0.1, 0.15) is 29.3 Å². The normalized spacial score (nSPS) is 10.4. The molecule has 0 N–H and O–H groups in total. The highest BCUT2D eigenvalue weighted by molar-refractivity contribution is 6.31. The van der Waals surface area contributed by atoms with Crippen molar-refractivity contribution in [3.63, 3.8) is 0 Å². The molecule has 0 aliphatic rings. The second-order valence-electron chi connectivity index (χ2n) is 3.94. The maximum absolute atomic E-state index is 12.2. The minimum Gasteiger partial charge on any atom is -0.339 e. The molecule has 0 bridgehead atoms. The Hall–Kier alpha value is -0.730. The molecule has 0 unspecified atom stereocenters. The van der Waals surface area contributed by atoms with Crippen molar-refractivity contribution in [1.82, 2.24) is 4.90 Å². The highest BCUT2D eigenvalue weighted by Gasteiger charge is 2.14. The molecule has 0 saturated heterocycles. The van der Waals surface area contributed by atoms with E-state index in [-0.39, 0.29) is 5.91 Å². The number of amides is 1. The molecule has 0 atom stereocenters. The number of aryl methyl sites for hydroxylation is 1. The Bertz CT molecular complexity index is 373. The third kappa shape index (κ3) is 4.21. The van der Waals surface area contributed by atoms with E-state index >= 15 is 0 Å². The number of rotatable bonds is 5. The van der Waals surface area contributed by atoms with Gasteiger partial charge in [-0.15, -0.1) is 11.6 Å². The average molecular weight is 274 g/mol. The second-order valence-corrected chi connectivity index (χ2v) is 4.76. The van der Waals surface area contributed by atoms with Crippen molar-refractivity contribution in [3.05, 3.63) is 34.3 Å². The molecule has 1 aromatic rings. The first kappa shape index (κ1) is 14.3. The summed E-state index contributed by atoms with van der Waals surface area (Å²) in [4.78, 5) is 14.0. The lowest BCUT2D eigenvalue weighted by Gasteiger charge is -2.20. The smallest absolute Gasteiger partial charge is 0.253 e. The van der Waals surface area contributed by atoms with Crippen LogP contribution >= 0.6 is 23.2 Å². The van der Waals surface area contributed by atoms with Crippen LogP contribution in [0.15, 0.2) is 18.2 Å². The van der Waals surface area contributed by atoms with Crippen molar-refractivity contribution in [3.8, 4) is 0 Å². The molecule has 94 valence electrons. The Balaban J connectivity index is 2.85. The quantitative estimate of drug-likeness (QED) is 0.749. The summed E-state index contributed by atoms with van der Waals surface area (Å²) in [5, 5.41) is 0.599. The van der Waals surface area contributed by atoms with Gasteiger partial charge in [0.2, 0.25) is 0 Å². The summed E-state index contributed by atoms with van der Waals surface area (Å²) >= 11 is 11.6. The minimum atomic E-state index is 0.0169. The molecule has 1 amide bonds. The van der Waals surface area contributed by atoms with Crippen LogP contribution in [0, 0.1) is 6.92 Å². The molecule has 2 nitrogen and oxygen atoms in total. The van der Waals surface area contributed by atoms with Gasteiger partial charge < -0.3 is 4.90 Å². The first-order chi connectivity index (χ1) is 8.08. The fraction of sp³-hybridized carbons (Fsp3) is 0.462. The van der Waals surface area contributed by atoms with Crippen molar-refractivity contribution in [2.45, 2.75) is 20.3 Å². The fourth-order valence-electron chi connectivity index (χ4n) is 1.70. The number of carbonyl (C=O) groups is 1. The lowest BCUT2D eigenvalue weighted by Crippen LogP contribution is -2.32. The highest BCUT2D eigenvalue weighted by atomic mass is 35.5. The number of nitrogens with zero attached hydrogens (tertiary/aromatic N) is 1. The first-order valence-corrected chi connectivity index (χ1v) is 6.62. The molecule has 4 heteroatoms. The van der Waals surface area contributed by atoms with Gasteiger partial charge in [-0.2, -0.15) is 0 Å². The SMILES string of the molecule is CCN(CCCCl)C(=O)c1cc(C)cc(Cl)c1. The molecule has 0 spiro atoms. The molecule has 1 aromatic carbocycles. The lowest BCUT2D eigenvalue weighted by atomic mass is 10.1. The van der Waals surface area contributed by atoms with E-state index in [9.17, 15) is 4.79 Å². The standard InChI is InChI=1S/C13H17Cl2NO/c1-3-16(6-4-5-14)13(17)11-7-10(2)8-12(15)9-11/h7-9H,3-6H2,1-2H3. The van der Waals surface area contributed by atoms with Crippen molar-refractivity contribution < 1.29 is 4.79 Å². The van der Waals surface area contributed by atoms with E-state index in [1.165, 1.54) is 0 Å². The molecule has 0 saturated carbocycles. The monoisotopic (exact) mass is 273 g/mol. The third-order valence-corrected chi connectivity index (χ3v) is 3.01. The van der Waals surface area contributed by atoms with Gasteiger partial charge in [0.05, 0.1) is 0 Å². The summed E-state index contributed by atoms with van der Waals surface area (Å²) < 4.78 is 0. The molecule has 0 fully saturated rings. The van der Waals surface area contributed by atoms with E-state index in [2.05, 4.69) is 0 Å². The molecular weight excluding hydrogens is 257 g/mol. The Morgan fingerprint density at radius 2 is 2.06 bits per heavy atom. The van der Waals surface area contributed by atoms with Crippen LogP contribution in [-0.2, 0) is 0 Å². The van der Waals surface area contributed by atoms with Crippen LogP contribution < -0.4 is 0 Å². The first-order valence-electron chi connectivity index (χ1n) is 5.71. The zero-order valence-corrected chi connectivity index (χ0v) is 11.7. The van der Waals surface area contributed by atoms with Crippen LogP contribution in [0.3, 0.4) is 0 Å². The largest absolute Gasteiger partial charge is 0.339 e. The van der Waals surface area contributed by atoms with Crippen LogP contribution in [0.4, 0.5) is 0 Å². The van der Waals surface area contributed by atoms with Gasteiger partial charge in [-0.3, -0.25) is 4.79 Å². The summed E-state index contributed by atoms with van der Waals surface area (Å²) in [6, 6.07) is 5.41. The molecule has 0 aromatic heterocycles. The highest BCUT2D eigenvalue weighted by Crippen LogP contribution is 2.16. The maximum atomic E-state index is 12.2. The predicted molar refractivity (Wildman–Crippen MR) is 73.1 cm³/mol. The number of carbonyl (C=O) groups excluding carboxylic acids is 1. The van der Waals surface area contributed by atoms with Crippen molar-refractivity contribution in [1.29, 1.82) is 0 Å². The van der Waals surface area contributed by atoms with Crippen LogP contribution in [-0.4, -0.2) is 29.8 Å². The topological polar surface area (TPSA) is 20.3 Å². The number of hydrogen-bond acceptors (Lipinski definition) is 1. The van der Waals surface area contributed by atoms with E-state index < -0.39 is 0 Å². The molecule has 0 radical (unpaired) electrons. The van der Waals surface area contributed by atoms with Gasteiger partial charge in [-0.25, -0.2) is 0 Å². The van der Waals surface area contributed by atoms with Gasteiger partial charge in [0.1, 0.15) is 0 Å². The Morgan fingerprint density at radius 1 is 1.35 bits per heavy atom. The molecule has 0 aliphatic carbocycles. The van der Waals surface area contributed by atoms with Gasteiger partial charge in [-0.05, 0) is 44.0 Å². The summed E-state index contributed by atoms with van der Waals surface area (Å²) in [7, 11) is 0. The van der Waals surface area contributed by atoms with Gasteiger partial charge in [-0.1, -0.05) is 11.6 Å². The predicted octanol–water partition coefficient (Wildman–Crippen LogP) is 3.74. The molecule has 0 aliphatic heterocycles. The van der Waals surface area contributed by atoms with Gasteiger partial charge in [0.25, 0.3) is 5.91 Å². The maximum Gasteiger partial charge on any atom is 0.253 e. The number of halogens is 2. The van der Waals surface area contributed by atoms with E-state index in [1.54, 1.807) is 11.0 Å². The molecular formula is C13H17Cl2NO. The summed E-state index contributed by atoms with van der Waals surface area (Å²) in [5.41, 5.74) is 1.64. The van der Waals surface area contributed by atoms with Crippen molar-refractivity contribution in [2.24, 2.45) is 0 Å². The number of benzene rings is 1. The lowest BCUT2D eigenvalue weighted by molar-refractivity contribution is 0.0765. The average Bonchev–Trinajstić information content (AvgIpc) is 2.28. The summed E-state index contributed by atoms with van der Waals surface area (Å²) in [5.74, 6) is 0.585. The zero-order chi connectivity index (χ0) is 12.8. The second kappa shape index (κ2) is 6.87. The molecule has 1 rings (SSSR count). The zero-order valence-electron chi connectivity index (χ0n) is 10.2. The van der Waals surface area contributed by atoms with Gasteiger partial charge in [0.15, 0.2) is 0 Å². The van der Waals surface area contributed by atoms with E-state index in [4.69, 9.17) is 23.2 Å². The van der Waals surface area contributed by atoms with Crippen LogP contribution in [0.25, 0.3) is 0 Å². The Labute approximate surface area is 113 Å².